The molecule has 0 saturated heterocycles. The van der Waals surface area contributed by atoms with Gasteiger partial charge in [0.05, 0.1) is 6.42 Å². The van der Waals surface area contributed by atoms with Gasteiger partial charge in [-0.05, 0) is 25.5 Å². The Balaban J connectivity index is 2.51. The fraction of sp³-hybridized carbons (Fsp3) is 0.909. The number of hydrogen-bond acceptors (Lipinski definition) is 4. The van der Waals surface area contributed by atoms with Crippen molar-refractivity contribution >= 4 is 27.9 Å². The highest BCUT2D eigenvalue weighted by molar-refractivity contribution is 7.99. The number of carboxylic acid groups (broad SMARTS) is 1. The maximum Gasteiger partial charge on any atom is 0.304 e. The molecule has 8 heteroatoms. The topological polar surface area (TPSA) is 86.7 Å². The summed E-state index contributed by atoms with van der Waals surface area (Å²) in [5.41, 5.74) is 0. The summed E-state index contributed by atoms with van der Waals surface area (Å²) in [5.74, 6) is -0.998. The molecule has 2 unspecified atom stereocenters. The van der Waals surface area contributed by atoms with Crippen LogP contribution in [0.3, 0.4) is 0 Å². The van der Waals surface area contributed by atoms with Crippen LogP contribution in [0.4, 0.5) is 0 Å². The Morgan fingerprint density at radius 1 is 1.47 bits per heavy atom. The lowest BCUT2D eigenvalue weighted by molar-refractivity contribution is -0.137. The van der Waals surface area contributed by atoms with Crippen molar-refractivity contribution < 1.29 is 18.3 Å². The average Bonchev–Trinajstić information content (AvgIpc) is 2.35. The molecule has 0 aliphatic heterocycles. The van der Waals surface area contributed by atoms with Crippen LogP contribution in [-0.4, -0.2) is 54.9 Å². The highest BCUT2D eigenvalue weighted by Gasteiger charge is 2.27. The van der Waals surface area contributed by atoms with Crippen LogP contribution >= 0.6 is 11.8 Å². The summed E-state index contributed by atoms with van der Waals surface area (Å²) in [6, 6.07) is -0.0384. The van der Waals surface area contributed by atoms with Gasteiger partial charge in [-0.1, -0.05) is 6.42 Å². The normalized spacial score (nSPS) is 24.6. The lowest BCUT2D eigenvalue weighted by Crippen LogP contribution is -2.46. The molecule has 0 bridgehead atoms. The van der Waals surface area contributed by atoms with E-state index in [9.17, 15) is 13.2 Å². The van der Waals surface area contributed by atoms with Gasteiger partial charge in [0.25, 0.3) is 10.2 Å². The van der Waals surface area contributed by atoms with Gasteiger partial charge in [-0.3, -0.25) is 4.79 Å². The van der Waals surface area contributed by atoms with E-state index in [2.05, 4.69) is 4.72 Å². The lowest BCUT2D eigenvalue weighted by atomic mass is 9.96. The van der Waals surface area contributed by atoms with Crippen LogP contribution in [0.2, 0.25) is 0 Å². The van der Waals surface area contributed by atoms with Gasteiger partial charge in [0.2, 0.25) is 0 Å². The van der Waals surface area contributed by atoms with Crippen molar-refractivity contribution in [3.8, 4) is 0 Å². The molecule has 1 fully saturated rings. The monoisotopic (exact) mass is 310 g/mol. The Morgan fingerprint density at radius 3 is 2.74 bits per heavy atom. The van der Waals surface area contributed by atoms with Gasteiger partial charge in [-0.2, -0.15) is 29.2 Å². The molecule has 19 heavy (non-hydrogen) atoms. The van der Waals surface area contributed by atoms with Gasteiger partial charge in [-0.25, -0.2) is 0 Å². The third-order valence-corrected chi connectivity index (χ3v) is 6.06. The molecular weight excluding hydrogens is 288 g/mol. The van der Waals surface area contributed by atoms with E-state index >= 15 is 0 Å². The predicted molar refractivity (Wildman–Crippen MR) is 76.5 cm³/mol. The van der Waals surface area contributed by atoms with E-state index in [1.54, 1.807) is 11.8 Å². The largest absolute Gasteiger partial charge is 0.481 e. The fourth-order valence-corrected chi connectivity index (χ4v) is 4.11. The molecule has 6 nitrogen and oxygen atoms in total. The van der Waals surface area contributed by atoms with Gasteiger partial charge in [0.1, 0.15) is 0 Å². The van der Waals surface area contributed by atoms with Gasteiger partial charge in [0.15, 0.2) is 0 Å². The van der Waals surface area contributed by atoms with Crippen LogP contribution in [0.25, 0.3) is 0 Å². The summed E-state index contributed by atoms with van der Waals surface area (Å²) in [6.07, 6.45) is 5.71. The maximum atomic E-state index is 12.0. The first-order valence-corrected chi connectivity index (χ1v) is 9.06. The zero-order valence-electron chi connectivity index (χ0n) is 11.3. The van der Waals surface area contributed by atoms with E-state index in [1.165, 1.54) is 7.05 Å². The summed E-state index contributed by atoms with van der Waals surface area (Å²) < 4.78 is 27.8. The Bertz CT molecular complexity index is 399. The van der Waals surface area contributed by atoms with Crippen molar-refractivity contribution in [3.63, 3.8) is 0 Å². The van der Waals surface area contributed by atoms with Crippen molar-refractivity contribution in [1.29, 1.82) is 0 Å². The number of carboxylic acids is 1. The van der Waals surface area contributed by atoms with E-state index in [0.717, 1.165) is 30.0 Å². The second kappa shape index (κ2) is 7.47. The molecule has 112 valence electrons. The van der Waals surface area contributed by atoms with E-state index < -0.39 is 16.2 Å². The van der Waals surface area contributed by atoms with Gasteiger partial charge in [-0.15, -0.1) is 0 Å². The van der Waals surface area contributed by atoms with E-state index in [1.807, 2.05) is 6.26 Å². The quantitative estimate of drug-likeness (QED) is 0.729. The molecule has 0 spiro atoms. The minimum absolute atomic E-state index is 0.0106. The third-order valence-electron chi connectivity index (χ3n) is 3.33. The molecule has 0 aromatic carbocycles. The molecule has 0 aromatic rings. The smallest absolute Gasteiger partial charge is 0.304 e. The zero-order valence-corrected chi connectivity index (χ0v) is 13.0. The van der Waals surface area contributed by atoms with Crippen molar-refractivity contribution in [3.05, 3.63) is 0 Å². The van der Waals surface area contributed by atoms with Crippen molar-refractivity contribution in [1.82, 2.24) is 9.03 Å². The van der Waals surface area contributed by atoms with Crippen LogP contribution < -0.4 is 4.72 Å². The number of hydrogen-bond donors (Lipinski definition) is 2. The SMILES string of the molecule is CSC1CCCC(NS(=O)(=O)N(C)CCC(=O)O)C1. The lowest BCUT2D eigenvalue weighted by Gasteiger charge is -2.29. The van der Waals surface area contributed by atoms with E-state index in [4.69, 9.17) is 5.11 Å². The number of carbonyl (C=O) groups is 1. The average molecular weight is 310 g/mol. The minimum Gasteiger partial charge on any atom is -0.481 e. The molecule has 2 N–H and O–H groups in total. The van der Waals surface area contributed by atoms with Crippen LogP contribution in [-0.2, 0) is 15.0 Å². The maximum absolute atomic E-state index is 12.0. The fourth-order valence-electron chi connectivity index (χ4n) is 2.14. The second-order valence-electron chi connectivity index (χ2n) is 4.81. The molecule has 1 rings (SSSR count). The molecule has 1 aliphatic rings. The molecule has 0 heterocycles. The van der Waals surface area contributed by atoms with E-state index in [0.29, 0.717) is 5.25 Å². The van der Waals surface area contributed by atoms with Crippen molar-refractivity contribution in [2.75, 3.05) is 19.8 Å². The number of thioether (sulfide) groups is 1. The molecule has 0 amide bonds. The number of nitrogens with zero attached hydrogens (tertiary/aromatic N) is 1. The molecule has 0 radical (unpaired) electrons. The first-order valence-electron chi connectivity index (χ1n) is 6.33. The Kier molecular flexibility index (Phi) is 6.58. The Morgan fingerprint density at radius 2 is 2.16 bits per heavy atom. The summed E-state index contributed by atoms with van der Waals surface area (Å²) >= 11 is 1.77. The first kappa shape index (κ1) is 16.7. The number of nitrogens with one attached hydrogen (secondary N) is 1. The molecule has 2 atom stereocenters. The molecule has 1 aliphatic carbocycles. The van der Waals surface area contributed by atoms with Gasteiger partial charge < -0.3 is 5.11 Å². The molecule has 1 saturated carbocycles. The second-order valence-corrected chi connectivity index (χ2v) is 7.76. The summed E-state index contributed by atoms with van der Waals surface area (Å²) in [4.78, 5) is 10.5. The van der Waals surface area contributed by atoms with Crippen molar-refractivity contribution in [2.45, 2.75) is 43.4 Å². The highest BCUT2D eigenvalue weighted by atomic mass is 32.2. The minimum atomic E-state index is -3.58. The molecular formula is C11H22N2O4S2. The first-order chi connectivity index (χ1) is 8.85. The predicted octanol–water partition coefficient (Wildman–Crippen LogP) is 0.901. The standard InChI is InChI=1S/C11H22N2O4S2/c1-13(7-6-11(14)15)19(16,17)12-9-4-3-5-10(8-9)18-2/h9-10,12H,3-8H2,1-2H3,(H,14,15). The highest BCUT2D eigenvalue weighted by Crippen LogP contribution is 2.27. The van der Waals surface area contributed by atoms with Crippen LogP contribution in [0.5, 0.6) is 0 Å². The van der Waals surface area contributed by atoms with Gasteiger partial charge >= 0.3 is 5.97 Å². The summed E-state index contributed by atoms with van der Waals surface area (Å²) in [5, 5.41) is 9.08. The summed E-state index contributed by atoms with van der Waals surface area (Å²) in [6.45, 7) is -0.0106. The van der Waals surface area contributed by atoms with E-state index in [-0.39, 0.29) is 19.0 Å². The number of aliphatic carboxylic acids is 1. The zero-order chi connectivity index (χ0) is 14.5. The Labute approximate surface area is 119 Å². The van der Waals surface area contributed by atoms with Crippen LogP contribution in [0.15, 0.2) is 0 Å². The summed E-state index contributed by atoms with van der Waals surface area (Å²) in [7, 11) is -2.17. The van der Waals surface area contributed by atoms with Crippen molar-refractivity contribution in [2.24, 2.45) is 0 Å². The Hall–Kier alpha value is -0.310. The molecule has 0 aromatic heterocycles. The number of rotatable bonds is 7. The third kappa shape index (κ3) is 5.68. The van der Waals surface area contributed by atoms with Crippen LogP contribution in [0.1, 0.15) is 32.1 Å². The van der Waals surface area contributed by atoms with Crippen LogP contribution in [0, 0.1) is 0 Å². The van der Waals surface area contributed by atoms with Gasteiger partial charge in [0, 0.05) is 24.9 Å².